The molecular formula is C79H64N2. The van der Waals surface area contributed by atoms with Gasteiger partial charge in [-0.15, -0.1) is 0 Å². The first-order valence-electron chi connectivity index (χ1n) is 28.8. The molecule has 0 bridgehead atoms. The predicted molar refractivity (Wildman–Crippen MR) is 352 cm³/mol. The Morgan fingerprint density at radius 2 is 0.691 bits per heavy atom. The Morgan fingerprint density at radius 1 is 0.321 bits per heavy atom. The van der Waals surface area contributed by atoms with Crippen LogP contribution >= 0.6 is 0 Å². The molecular weight excluding hydrogens is 977 g/mol. The lowest BCUT2D eigenvalue weighted by Gasteiger charge is -2.28. The van der Waals surface area contributed by atoms with Crippen molar-refractivity contribution in [3.63, 3.8) is 0 Å². The summed E-state index contributed by atoms with van der Waals surface area (Å²) in [6.07, 6.45) is 14.1. The second-order valence-corrected chi connectivity index (χ2v) is 21.5. The van der Waals surface area contributed by atoms with Gasteiger partial charge in [-0.2, -0.15) is 0 Å². The van der Waals surface area contributed by atoms with Gasteiger partial charge >= 0.3 is 0 Å². The SMILES string of the molecule is CCCCCC(C)C=Cc1ccc(N(c2ccccc2)c2ccc(-c3c4ccccc4cc4c(-c5ccc(N(c6ccccc6)c6ccc(C=Cc7ccccc7)cc6)c6ccccc56)c5ccccc5cc34)c3ccccc23)cc1. The van der Waals surface area contributed by atoms with E-state index < -0.39 is 0 Å². The number of para-hydroxylation sites is 2. The van der Waals surface area contributed by atoms with Crippen LogP contribution in [0.5, 0.6) is 0 Å². The fourth-order valence-electron chi connectivity index (χ4n) is 12.2. The van der Waals surface area contributed by atoms with E-state index in [1.807, 2.05) is 0 Å². The fraction of sp³-hybridized carbons (Fsp3) is 0.0886. The van der Waals surface area contributed by atoms with Gasteiger partial charge in [0.25, 0.3) is 0 Å². The number of hydrogen-bond acceptors (Lipinski definition) is 2. The summed E-state index contributed by atoms with van der Waals surface area (Å²) < 4.78 is 0. The monoisotopic (exact) mass is 1040 g/mol. The zero-order chi connectivity index (χ0) is 54.5. The van der Waals surface area contributed by atoms with E-state index in [0.717, 1.165) is 39.7 Å². The summed E-state index contributed by atoms with van der Waals surface area (Å²) in [4.78, 5) is 4.83. The molecule has 0 amide bonds. The van der Waals surface area contributed by atoms with Gasteiger partial charge in [0.15, 0.2) is 0 Å². The molecule has 81 heavy (non-hydrogen) atoms. The lowest BCUT2D eigenvalue weighted by atomic mass is 9.83. The van der Waals surface area contributed by atoms with Crippen molar-refractivity contribution in [3.05, 3.63) is 296 Å². The maximum absolute atomic E-state index is 2.45. The highest BCUT2D eigenvalue weighted by molar-refractivity contribution is 6.26. The number of allylic oxidation sites excluding steroid dienone is 1. The zero-order valence-electron chi connectivity index (χ0n) is 46.1. The van der Waals surface area contributed by atoms with E-state index in [2.05, 4.69) is 321 Å². The molecule has 0 fully saturated rings. The van der Waals surface area contributed by atoms with E-state index in [0.29, 0.717) is 5.92 Å². The Hall–Kier alpha value is -9.76. The third-order valence-corrected chi connectivity index (χ3v) is 16.2. The molecule has 2 heteroatoms. The van der Waals surface area contributed by atoms with Crippen LogP contribution in [0.2, 0.25) is 0 Å². The summed E-state index contributed by atoms with van der Waals surface area (Å²) in [6, 6.07) is 100. The molecule has 0 aliphatic heterocycles. The van der Waals surface area contributed by atoms with E-state index in [4.69, 9.17) is 0 Å². The maximum Gasteiger partial charge on any atom is 0.0540 e. The first-order valence-corrected chi connectivity index (χ1v) is 28.8. The van der Waals surface area contributed by atoms with Crippen LogP contribution in [0.4, 0.5) is 34.1 Å². The van der Waals surface area contributed by atoms with E-state index in [-0.39, 0.29) is 0 Å². The molecule has 0 aliphatic carbocycles. The summed E-state index contributed by atoms with van der Waals surface area (Å²) in [5.74, 6) is 0.554. The fourth-order valence-corrected chi connectivity index (χ4v) is 12.2. The van der Waals surface area contributed by atoms with Gasteiger partial charge in [-0.25, -0.2) is 0 Å². The highest BCUT2D eigenvalue weighted by Gasteiger charge is 2.24. The minimum Gasteiger partial charge on any atom is -0.310 e. The third-order valence-electron chi connectivity index (χ3n) is 16.2. The molecule has 1 atom stereocenters. The average molecular weight is 1040 g/mol. The summed E-state index contributed by atoms with van der Waals surface area (Å²) in [5, 5.41) is 12.1. The minimum absolute atomic E-state index is 0.554. The van der Waals surface area contributed by atoms with Gasteiger partial charge in [-0.05, 0) is 167 Å². The van der Waals surface area contributed by atoms with Crippen molar-refractivity contribution in [2.45, 2.75) is 39.5 Å². The average Bonchev–Trinajstić information content (AvgIpc) is 3.63. The van der Waals surface area contributed by atoms with Crippen LogP contribution in [0.3, 0.4) is 0 Å². The van der Waals surface area contributed by atoms with Crippen LogP contribution in [-0.2, 0) is 0 Å². The van der Waals surface area contributed by atoms with Gasteiger partial charge in [-0.3, -0.25) is 0 Å². The molecule has 0 aliphatic rings. The molecule has 13 aromatic carbocycles. The normalized spacial score (nSPS) is 12.1. The Kier molecular flexibility index (Phi) is 14.3. The minimum atomic E-state index is 0.554. The number of anilines is 6. The molecule has 0 heterocycles. The van der Waals surface area contributed by atoms with Gasteiger partial charge in [0.1, 0.15) is 0 Å². The summed E-state index contributed by atoms with van der Waals surface area (Å²) in [7, 11) is 0. The van der Waals surface area contributed by atoms with Crippen LogP contribution in [-0.4, -0.2) is 0 Å². The van der Waals surface area contributed by atoms with Crippen molar-refractivity contribution in [1.82, 2.24) is 0 Å². The van der Waals surface area contributed by atoms with Crippen LogP contribution < -0.4 is 9.80 Å². The first kappa shape index (κ1) is 50.7. The van der Waals surface area contributed by atoms with Gasteiger partial charge in [0, 0.05) is 33.5 Å². The second-order valence-electron chi connectivity index (χ2n) is 21.5. The molecule has 13 aromatic rings. The van der Waals surface area contributed by atoms with Crippen molar-refractivity contribution in [2.24, 2.45) is 5.92 Å². The number of nitrogens with zero attached hydrogens (tertiary/aromatic N) is 2. The van der Waals surface area contributed by atoms with Gasteiger partial charge in [0.05, 0.1) is 11.4 Å². The lowest BCUT2D eigenvalue weighted by Crippen LogP contribution is -2.10. The van der Waals surface area contributed by atoms with Crippen LogP contribution in [0, 0.1) is 5.92 Å². The van der Waals surface area contributed by atoms with E-state index in [1.165, 1.54) is 113 Å². The standard InChI is InChI=1S/C79H64N2/c1-3-4-8-23-56(2)38-39-58-42-46-64(47-43-58)80(62-28-11-6-12-29-62)76-52-50-72(68-34-19-21-36-70(68)76)78-66-32-17-15-26-60(66)55-75-74(78)54-61-27-16-18-33-67(61)79(75)73-51-53-77(71-37-22-20-35-69(71)73)81(63-30-13-7-14-31-63)65-48-44-59(45-49-65)41-40-57-24-9-5-10-25-57/h5-7,9-22,24-56H,3-4,8,23H2,1-2H3. The smallest absolute Gasteiger partial charge is 0.0540 e. The summed E-state index contributed by atoms with van der Waals surface area (Å²) >= 11 is 0. The molecule has 390 valence electrons. The number of fused-ring (bicyclic) bond motifs is 5. The van der Waals surface area contributed by atoms with Crippen LogP contribution in [0.1, 0.15) is 56.2 Å². The Morgan fingerprint density at radius 3 is 1.15 bits per heavy atom. The number of hydrogen-bond donors (Lipinski definition) is 0. The molecule has 0 spiro atoms. The van der Waals surface area contributed by atoms with Crippen LogP contribution in [0.15, 0.2) is 279 Å². The van der Waals surface area contributed by atoms with Gasteiger partial charge in [-0.1, -0.05) is 258 Å². The molecule has 13 rings (SSSR count). The van der Waals surface area contributed by atoms with Crippen LogP contribution in [0.25, 0.3) is 94.3 Å². The molecule has 0 saturated carbocycles. The zero-order valence-corrected chi connectivity index (χ0v) is 46.1. The number of benzene rings is 13. The van der Waals surface area contributed by atoms with Crippen molar-refractivity contribution < 1.29 is 0 Å². The van der Waals surface area contributed by atoms with Gasteiger partial charge < -0.3 is 9.80 Å². The summed E-state index contributed by atoms with van der Waals surface area (Å²) in [6.45, 7) is 4.61. The number of rotatable bonds is 16. The second kappa shape index (κ2) is 22.9. The molecule has 1 unspecified atom stereocenters. The molecule has 0 saturated heterocycles. The predicted octanol–water partition coefficient (Wildman–Crippen LogP) is 23.1. The molecule has 2 nitrogen and oxygen atoms in total. The summed E-state index contributed by atoms with van der Waals surface area (Å²) in [5.41, 5.74) is 15.1. The van der Waals surface area contributed by atoms with Crippen molar-refractivity contribution >= 4 is 106 Å². The number of unbranched alkanes of at least 4 members (excludes halogenated alkanes) is 2. The van der Waals surface area contributed by atoms with E-state index in [1.54, 1.807) is 0 Å². The quantitative estimate of drug-likeness (QED) is 0.0541. The Labute approximate surface area is 476 Å². The Bertz CT molecular complexity index is 4410. The van der Waals surface area contributed by atoms with Crippen molar-refractivity contribution in [2.75, 3.05) is 9.80 Å². The van der Waals surface area contributed by atoms with Crippen molar-refractivity contribution in [1.29, 1.82) is 0 Å². The largest absolute Gasteiger partial charge is 0.310 e. The third kappa shape index (κ3) is 10.2. The highest BCUT2D eigenvalue weighted by Crippen LogP contribution is 2.50. The molecule has 0 radical (unpaired) electrons. The van der Waals surface area contributed by atoms with E-state index in [9.17, 15) is 0 Å². The van der Waals surface area contributed by atoms with Gasteiger partial charge in [0.2, 0.25) is 0 Å². The lowest BCUT2D eigenvalue weighted by molar-refractivity contribution is 0.577. The van der Waals surface area contributed by atoms with Crippen molar-refractivity contribution in [3.8, 4) is 22.3 Å². The van der Waals surface area contributed by atoms with E-state index >= 15 is 0 Å². The maximum atomic E-state index is 2.45. The first-order chi connectivity index (χ1) is 40.1. The Balaban J connectivity index is 0.971. The topological polar surface area (TPSA) is 6.48 Å². The highest BCUT2D eigenvalue weighted by atomic mass is 15.1. The molecule has 0 N–H and O–H groups in total. The molecule has 0 aromatic heterocycles.